The second-order valence-electron chi connectivity index (χ2n) is 5.79. The average molecular weight is 349 g/mol. The zero-order valence-corrected chi connectivity index (χ0v) is 14.4. The minimum Gasteiger partial charge on any atom is -0.493 e. The van der Waals surface area contributed by atoms with E-state index in [-0.39, 0.29) is 17.8 Å². The molecule has 0 aliphatic rings. The van der Waals surface area contributed by atoms with Crippen molar-refractivity contribution in [3.05, 3.63) is 41.7 Å². The van der Waals surface area contributed by atoms with Crippen LogP contribution in [-0.2, 0) is 7.05 Å². The summed E-state index contributed by atoms with van der Waals surface area (Å²) < 4.78 is 3.18. The van der Waals surface area contributed by atoms with Gasteiger partial charge in [0.05, 0.1) is 11.2 Å². The molecule has 3 heterocycles. The zero-order valence-electron chi connectivity index (χ0n) is 14.4. The van der Waals surface area contributed by atoms with Crippen molar-refractivity contribution >= 4 is 22.5 Å². The van der Waals surface area contributed by atoms with Crippen LogP contribution >= 0.6 is 0 Å². The Labute approximate surface area is 147 Å². The van der Waals surface area contributed by atoms with E-state index in [2.05, 4.69) is 35.7 Å². The van der Waals surface area contributed by atoms with E-state index in [4.69, 9.17) is 0 Å². The molecule has 0 aliphatic heterocycles. The van der Waals surface area contributed by atoms with E-state index < -0.39 is 0 Å². The van der Waals surface area contributed by atoms with Crippen LogP contribution in [0.15, 0.2) is 40.6 Å². The first kappa shape index (κ1) is 15.8. The van der Waals surface area contributed by atoms with Gasteiger partial charge in [0.15, 0.2) is 5.69 Å². The van der Waals surface area contributed by atoms with Crippen molar-refractivity contribution in [1.82, 2.24) is 34.7 Å². The van der Waals surface area contributed by atoms with E-state index in [1.807, 2.05) is 44.2 Å². The summed E-state index contributed by atoms with van der Waals surface area (Å²) in [5, 5.41) is 39.1. The molecule has 0 saturated carbocycles. The predicted octanol–water partition coefficient (Wildman–Crippen LogP) is 2.68. The van der Waals surface area contributed by atoms with Crippen LogP contribution in [0.3, 0.4) is 0 Å². The molecule has 1 aromatic carbocycles. The highest BCUT2D eigenvalue weighted by Crippen LogP contribution is 2.38. The van der Waals surface area contributed by atoms with Gasteiger partial charge in [-0.25, -0.2) is 4.68 Å². The number of hydrogen-bond acceptors (Lipinski definition) is 8. The van der Waals surface area contributed by atoms with Crippen LogP contribution in [0.25, 0.3) is 16.9 Å². The van der Waals surface area contributed by atoms with Crippen molar-refractivity contribution in [2.45, 2.75) is 13.8 Å². The summed E-state index contributed by atoms with van der Waals surface area (Å²) in [5.41, 5.74) is 2.91. The number of aromatic nitrogens is 7. The summed E-state index contributed by atoms with van der Waals surface area (Å²) in [7, 11) is 1.75. The Balaban J connectivity index is 1.66. The summed E-state index contributed by atoms with van der Waals surface area (Å²) in [6.45, 7) is 3.77. The van der Waals surface area contributed by atoms with Gasteiger partial charge in [0.25, 0.3) is 5.95 Å². The van der Waals surface area contributed by atoms with Gasteiger partial charge in [-0.05, 0) is 26.0 Å². The maximum Gasteiger partial charge on any atom is 0.306 e. The average Bonchev–Trinajstić information content (AvgIpc) is 3.11. The van der Waals surface area contributed by atoms with Gasteiger partial charge in [-0.3, -0.25) is 0 Å². The molecule has 0 spiro atoms. The lowest BCUT2D eigenvalue weighted by Crippen LogP contribution is -2.07. The zero-order chi connectivity index (χ0) is 18.3. The van der Waals surface area contributed by atoms with Gasteiger partial charge in [0, 0.05) is 18.1 Å². The number of aryl methyl sites for hydroxylation is 3. The lowest BCUT2D eigenvalue weighted by atomic mass is 10.2. The Bertz CT molecular complexity index is 1120. The lowest BCUT2D eigenvalue weighted by Gasteiger charge is -1.99. The molecule has 0 amide bonds. The Kier molecular flexibility index (Phi) is 3.64. The number of rotatable bonds is 3. The summed E-state index contributed by atoms with van der Waals surface area (Å²) in [6.07, 6.45) is 0. The maximum atomic E-state index is 10.3. The van der Waals surface area contributed by atoms with Crippen molar-refractivity contribution in [3.8, 4) is 11.8 Å². The van der Waals surface area contributed by atoms with Gasteiger partial charge >= 0.3 is 5.95 Å². The van der Waals surface area contributed by atoms with Gasteiger partial charge in [-0.2, -0.15) is 5.10 Å². The summed E-state index contributed by atoms with van der Waals surface area (Å²) in [6, 6.07) is 9.39. The molecule has 0 aliphatic carbocycles. The quantitative estimate of drug-likeness (QED) is 0.568. The molecular weight excluding hydrogens is 334 g/mol. The van der Waals surface area contributed by atoms with Gasteiger partial charge in [0.2, 0.25) is 5.88 Å². The largest absolute Gasteiger partial charge is 0.493 e. The fourth-order valence-corrected chi connectivity index (χ4v) is 2.73. The minimum absolute atomic E-state index is 0.00938. The van der Waals surface area contributed by atoms with Crippen molar-refractivity contribution < 1.29 is 5.11 Å². The Morgan fingerprint density at radius 1 is 1.00 bits per heavy atom. The number of benzene rings is 1. The molecule has 1 N–H and O–H groups in total. The first-order valence-corrected chi connectivity index (χ1v) is 7.84. The number of hydrogen-bond donors (Lipinski definition) is 1. The molecule has 4 rings (SSSR count). The number of azo groups is 1. The van der Waals surface area contributed by atoms with Gasteiger partial charge in [-0.1, -0.05) is 18.2 Å². The molecule has 3 aromatic heterocycles. The van der Waals surface area contributed by atoms with E-state index in [1.54, 1.807) is 16.3 Å². The van der Waals surface area contributed by atoms with Crippen molar-refractivity contribution in [2.75, 3.05) is 0 Å². The third-order valence-electron chi connectivity index (χ3n) is 3.95. The number of fused-ring (bicyclic) bond motifs is 1. The predicted molar refractivity (Wildman–Crippen MR) is 93.0 cm³/mol. The van der Waals surface area contributed by atoms with Crippen LogP contribution in [0.2, 0.25) is 0 Å². The molecule has 0 saturated heterocycles. The van der Waals surface area contributed by atoms with Crippen LogP contribution in [0, 0.1) is 13.8 Å². The maximum absolute atomic E-state index is 10.3. The third kappa shape index (κ3) is 2.57. The Morgan fingerprint density at radius 3 is 2.42 bits per heavy atom. The second kappa shape index (κ2) is 5.99. The monoisotopic (exact) mass is 349 g/mol. The summed E-state index contributed by atoms with van der Waals surface area (Å²) in [4.78, 5) is 0. The van der Waals surface area contributed by atoms with Gasteiger partial charge < -0.3 is 9.67 Å². The topological polar surface area (TPSA) is 119 Å². The van der Waals surface area contributed by atoms with Crippen LogP contribution < -0.4 is 0 Å². The number of aromatic hydroxyl groups is 1. The lowest BCUT2D eigenvalue weighted by molar-refractivity contribution is 0.436. The molecule has 0 bridgehead atoms. The molecule has 4 aromatic rings. The van der Waals surface area contributed by atoms with Gasteiger partial charge in [-0.15, -0.1) is 30.6 Å². The molecule has 26 heavy (non-hydrogen) atoms. The minimum atomic E-state index is -0.0115. The van der Waals surface area contributed by atoms with Crippen LogP contribution in [0.1, 0.15) is 11.4 Å². The van der Waals surface area contributed by atoms with Crippen molar-refractivity contribution in [2.24, 2.45) is 17.3 Å². The Morgan fingerprint density at radius 2 is 1.73 bits per heavy atom. The first-order valence-electron chi connectivity index (χ1n) is 7.84. The van der Waals surface area contributed by atoms with E-state index in [0.717, 1.165) is 22.3 Å². The van der Waals surface area contributed by atoms with Crippen molar-refractivity contribution in [3.63, 3.8) is 0 Å². The fourth-order valence-electron chi connectivity index (χ4n) is 2.73. The molecular formula is C16H15N9O. The molecule has 130 valence electrons. The van der Waals surface area contributed by atoms with Crippen LogP contribution in [0.4, 0.5) is 11.6 Å². The summed E-state index contributed by atoms with van der Waals surface area (Å²) >= 11 is 0. The van der Waals surface area contributed by atoms with Crippen LogP contribution in [-0.4, -0.2) is 39.8 Å². The third-order valence-corrected chi connectivity index (χ3v) is 3.95. The van der Waals surface area contributed by atoms with E-state index in [1.165, 1.54) is 0 Å². The first-order chi connectivity index (χ1) is 12.5. The smallest absolute Gasteiger partial charge is 0.306 e. The highest BCUT2D eigenvalue weighted by Gasteiger charge is 2.14. The molecule has 0 unspecified atom stereocenters. The van der Waals surface area contributed by atoms with E-state index in [0.29, 0.717) is 5.69 Å². The summed E-state index contributed by atoms with van der Waals surface area (Å²) in [5.74, 6) is 0.250. The van der Waals surface area contributed by atoms with Gasteiger partial charge in [0.1, 0.15) is 0 Å². The molecule has 10 nitrogen and oxygen atoms in total. The standard InChI is InChI=1S/C16H15N9O/c1-9-8-10(2)25(23-9)16-21-19-15(20-22-16)18-17-13-11-6-4-5-7-12(11)24(3)14(13)26/h4-8,26H,1-3H3. The number of nitrogens with zero attached hydrogens (tertiary/aromatic N) is 9. The molecule has 10 heteroatoms. The highest BCUT2D eigenvalue weighted by molar-refractivity contribution is 5.94. The molecule has 0 fully saturated rings. The van der Waals surface area contributed by atoms with E-state index in [9.17, 15) is 5.11 Å². The highest BCUT2D eigenvalue weighted by atomic mass is 16.3. The second-order valence-corrected chi connectivity index (χ2v) is 5.79. The fraction of sp³-hybridized carbons (Fsp3) is 0.188. The van der Waals surface area contributed by atoms with Crippen LogP contribution in [0.5, 0.6) is 5.88 Å². The van der Waals surface area contributed by atoms with E-state index >= 15 is 0 Å². The SMILES string of the molecule is Cc1cc(C)n(-c2nnc(N=Nc3c(O)n(C)c4ccccc34)nn2)n1. The number of para-hydroxylation sites is 1. The van der Waals surface area contributed by atoms with Crippen molar-refractivity contribution in [1.29, 1.82) is 0 Å². The Hall–Kier alpha value is -3.69. The normalized spacial score (nSPS) is 11.7. The molecule has 0 atom stereocenters. The molecule has 0 radical (unpaired) electrons.